The van der Waals surface area contributed by atoms with Crippen LogP contribution in [-0.4, -0.2) is 40.1 Å². The van der Waals surface area contributed by atoms with Crippen LogP contribution in [0.15, 0.2) is 0 Å². The predicted octanol–water partition coefficient (Wildman–Crippen LogP) is 1.09. The smallest absolute Gasteiger partial charge is 0.241 e. The van der Waals surface area contributed by atoms with Gasteiger partial charge in [-0.3, -0.25) is 10.1 Å². The topological polar surface area (TPSA) is 56.1 Å². The zero-order valence-electron chi connectivity index (χ0n) is 9.82. The molecule has 1 spiro atoms. The molecular weight excluding hydrogens is 234 g/mol. The number of nitrogens with one attached hydrogen (secondary N) is 1. The second kappa shape index (κ2) is 4.18. The molecule has 2 saturated heterocycles. The minimum absolute atomic E-state index is 0.0609. The zero-order chi connectivity index (χ0) is 11.9. The first-order valence-corrected chi connectivity index (χ1v) is 7.34. The highest BCUT2D eigenvalue weighted by Gasteiger charge is 2.47. The fraction of sp³-hybridized carbons (Fsp3) is 0.833. The van der Waals surface area contributed by atoms with E-state index in [9.17, 15) is 4.79 Å². The average molecular weight is 251 g/mol. The summed E-state index contributed by atoms with van der Waals surface area (Å²) in [5.41, 5.74) is 0. The lowest BCUT2D eigenvalue weighted by atomic mass is 9.91. The largest absolute Gasteiger partial charge is 0.325 e. The van der Waals surface area contributed by atoms with Gasteiger partial charge in [0.25, 0.3) is 0 Å². The van der Waals surface area contributed by atoms with Gasteiger partial charge in [-0.2, -0.15) is 5.26 Å². The van der Waals surface area contributed by atoms with E-state index in [0.717, 1.165) is 25.1 Å². The Balaban J connectivity index is 1.65. The number of thioether (sulfide) groups is 1. The van der Waals surface area contributed by atoms with E-state index < -0.39 is 0 Å². The van der Waals surface area contributed by atoms with Crippen LogP contribution in [0.2, 0.25) is 0 Å². The number of nitrogens with zero attached hydrogens (tertiary/aromatic N) is 2. The molecule has 17 heavy (non-hydrogen) atoms. The first-order chi connectivity index (χ1) is 8.24. The Morgan fingerprint density at radius 1 is 1.47 bits per heavy atom. The molecule has 3 fully saturated rings. The Hall–Kier alpha value is -0.730. The van der Waals surface area contributed by atoms with Crippen molar-refractivity contribution >= 4 is 17.7 Å². The van der Waals surface area contributed by atoms with Crippen molar-refractivity contribution in [2.45, 2.75) is 49.1 Å². The minimum atomic E-state index is -0.188. The van der Waals surface area contributed by atoms with E-state index in [1.807, 2.05) is 11.8 Å². The Morgan fingerprint density at radius 2 is 2.29 bits per heavy atom. The molecule has 0 aromatic heterocycles. The maximum absolute atomic E-state index is 12.3. The zero-order valence-corrected chi connectivity index (χ0v) is 10.6. The highest BCUT2D eigenvalue weighted by molar-refractivity contribution is 8.01. The maximum atomic E-state index is 12.3. The second-order valence-electron chi connectivity index (χ2n) is 5.17. The lowest BCUT2D eigenvalue weighted by molar-refractivity contribution is -0.133. The van der Waals surface area contributed by atoms with Crippen molar-refractivity contribution in [2.75, 3.05) is 12.3 Å². The van der Waals surface area contributed by atoms with Crippen LogP contribution in [0.3, 0.4) is 0 Å². The van der Waals surface area contributed by atoms with Gasteiger partial charge in [-0.05, 0) is 32.1 Å². The molecule has 1 unspecified atom stereocenters. The number of carbonyl (C=O) groups is 1. The van der Waals surface area contributed by atoms with Crippen LogP contribution in [-0.2, 0) is 4.79 Å². The van der Waals surface area contributed by atoms with Crippen molar-refractivity contribution in [3.8, 4) is 6.07 Å². The molecular formula is C12H17N3OS. The molecule has 0 bridgehead atoms. The number of nitriles is 1. The third-order valence-corrected chi connectivity index (χ3v) is 5.69. The van der Waals surface area contributed by atoms with Gasteiger partial charge in [-0.1, -0.05) is 0 Å². The quantitative estimate of drug-likeness (QED) is 0.758. The Labute approximate surface area is 106 Å². The highest BCUT2D eigenvalue weighted by Crippen LogP contribution is 2.46. The first kappa shape index (κ1) is 11.4. The van der Waals surface area contributed by atoms with E-state index in [-0.39, 0.29) is 22.9 Å². The second-order valence-corrected chi connectivity index (χ2v) is 6.58. The van der Waals surface area contributed by atoms with Gasteiger partial charge in [0.2, 0.25) is 5.91 Å². The molecule has 92 valence electrons. The monoisotopic (exact) mass is 251 g/mol. The van der Waals surface area contributed by atoms with E-state index >= 15 is 0 Å². The molecule has 1 aliphatic carbocycles. The van der Waals surface area contributed by atoms with Crippen molar-refractivity contribution < 1.29 is 4.79 Å². The first-order valence-electron chi connectivity index (χ1n) is 6.36. The summed E-state index contributed by atoms with van der Waals surface area (Å²) in [4.78, 5) is 14.3. The highest BCUT2D eigenvalue weighted by atomic mass is 32.2. The molecule has 4 nitrogen and oxygen atoms in total. The molecule has 2 aliphatic heterocycles. The van der Waals surface area contributed by atoms with Crippen molar-refractivity contribution in [1.82, 2.24) is 10.2 Å². The Bertz CT molecular complexity index is 374. The van der Waals surface area contributed by atoms with Crippen molar-refractivity contribution in [3.63, 3.8) is 0 Å². The van der Waals surface area contributed by atoms with E-state index in [1.54, 1.807) is 4.90 Å². The molecule has 1 amide bonds. The SMILES string of the molecule is N#CC1CCCN1C(=O)[C@@H]1CSC2(CCC2)N1. The molecule has 0 aromatic carbocycles. The van der Waals surface area contributed by atoms with Crippen molar-refractivity contribution in [1.29, 1.82) is 5.26 Å². The number of carbonyl (C=O) groups excluding carboxylic acids is 1. The summed E-state index contributed by atoms with van der Waals surface area (Å²) in [6, 6.07) is 1.99. The third-order valence-electron chi connectivity index (χ3n) is 4.11. The number of hydrogen-bond acceptors (Lipinski definition) is 4. The fourth-order valence-electron chi connectivity index (χ4n) is 2.93. The van der Waals surface area contributed by atoms with Crippen LogP contribution in [0.1, 0.15) is 32.1 Å². The predicted molar refractivity (Wildman–Crippen MR) is 66.3 cm³/mol. The van der Waals surface area contributed by atoms with Crippen LogP contribution >= 0.6 is 11.8 Å². The Morgan fingerprint density at radius 3 is 2.88 bits per heavy atom. The van der Waals surface area contributed by atoms with Crippen molar-refractivity contribution in [2.24, 2.45) is 0 Å². The van der Waals surface area contributed by atoms with Crippen LogP contribution < -0.4 is 5.32 Å². The summed E-state index contributed by atoms with van der Waals surface area (Å²) < 4.78 is 0. The lowest BCUT2D eigenvalue weighted by Gasteiger charge is -2.38. The van der Waals surface area contributed by atoms with Crippen LogP contribution in [0.25, 0.3) is 0 Å². The number of hydrogen-bond donors (Lipinski definition) is 1. The summed E-state index contributed by atoms with van der Waals surface area (Å²) in [6.45, 7) is 0.757. The molecule has 1 saturated carbocycles. The minimum Gasteiger partial charge on any atom is -0.325 e. The van der Waals surface area contributed by atoms with E-state index in [4.69, 9.17) is 5.26 Å². The van der Waals surface area contributed by atoms with Gasteiger partial charge in [-0.15, -0.1) is 11.8 Å². The van der Waals surface area contributed by atoms with Gasteiger partial charge in [-0.25, -0.2) is 0 Å². The van der Waals surface area contributed by atoms with Gasteiger partial charge >= 0.3 is 0 Å². The number of likely N-dealkylation sites (tertiary alicyclic amines) is 1. The van der Waals surface area contributed by atoms with E-state index in [0.29, 0.717) is 0 Å². The summed E-state index contributed by atoms with van der Waals surface area (Å²) in [5.74, 6) is 1.01. The van der Waals surface area contributed by atoms with Gasteiger partial charge in [0.05, 0.1) is 17.0 Å². The molecule has 2 atom stereocenters. The summed E-state index contributed by atoms with van der Waals surface area (Å²) in [6.07, 6.45) is 5.44. The molecule has 1 N–H and O–H groups in total. The molecule has 5 heteroatoms. The Kier molecular flexibility index (Phi) is 2.80. The van der Waals surface area contributed by atoms with Gasteiger partial charge in [0.1, 0.15) is 6.04 Å². The third kappa shape index (κ3) is 1.84. The fourth-order valence-corrected chi connectivity index (χ4v) is 4.44. The van der Waals surface area contributed by atoms with Crippen LogP contribution in [0.5, 0.6) is 0 Å². The molecule has 3 aliphatic rings. The number of amides is 1. The van der Waals surface area contributed by atoms with Crippen LogP contribution in [0, 0.1) is 11.3 Å². The summed E-state index contributed by atoms with van der Waals surface area (Å²) >= 11 is 1.89. The van der Waals surface area contributed by atoms with Gasteiger partial charge < -0.3 is 4.90 Å². The summed E-state index contributed by atoms with van der Waals surface area (Å²) in [7, 11) is 0. The lowest BCUT2D eigenvalue weighted by Crippen LogP contribution is -2.53. The van der Waals surface area contributed by atoms with Crippen LogP contribution in [0.4, 0.5) is 0 Å². The van der Waals surface area contributed by atoms with Gasteiger partial charge in [0.15, 0.2) is 0 Å². The molecule has 0 radical (unpaired) electrons. The molecule has 0 aromatic rings. The normalized spacial score (nSPS) is 34.6. The standard InChI is InChI=1S/C12H17N3OS/c13-7-9-3-1-6-15(9)11(16)10-8-17-12(14-10)4-2-5-12/h9-10,14H,1-6,8H2/t9?,10-/m0/s1. The molecule has 2 heterocycles. The van der Waals surface area contributed by atoms with E-state index in [2.05, 4.69) is 11.4 Å². The maximum Gasteiger partial charge on any atom is 0.241 e. The molecule has 3 rings (SSSR count). The van der Waals surface area contributed by atoms with E-state index in [1.165, 1.54) is 19.3 Å². The number of rotatable bonds is 1. The average Bonchev–Trinajstić information content (AvgIpc) is 2.93. The summed E-state index contributed by atoms with van der Waals surface area (Å²) in [5, 5.41) is 12.5. The van der Waals surface area contributed by atoms with Crippen molar-refractivity contribution in [3.05, 3.63) is 0 Å². The van der Waals surface area contributed by atoms with Gasteiger partial charge in [0, 0.05) is 12.3 Å².